The van der Waals surface area contributed by atoms with Gasteiger partial charge in [0.2, 0.25) is 17.7 Å². The molecule has 1 aliphatic heterocycles. The van der Waals surface area contributed by atoms with Gasteiger partial charge in [-0.1, -0.05) is 24.3 Å². The number of rotatable bonds is 5. The predicted molar refractivity (Wildman–Crippen MR) is 93.5 cm³/mol. The number of nitrogens with one attached hydrogen (secondary N) is 1. The maximum absolute atomic E-state index is 12.4. The molecule has 1 aromatic carbocycles. The molecule has 0 bridgehead atoms. The smallest absolute Gasteiger partial charge is 0.244 e. The molecule has 0 saturated carbocycles. The fourth-order valence-corrected chi connectivity index (χ4v) is 3.83. The summed E-state index contributed by atoms with van der Waals surface area (Å²) in [6.07, 6.45) is 4.94. The third-order valence-corrected chi connectivity index (χ3v) is 5.29. The molecule has 1 aliphatic carbocycles. The SMILES string of the molecule is N#CCSc1ccccc1NC(=O)CN1C(=O)[C@@H]2CC=CC[C@H]2C1=O. The molecular weight excluding hydrogens is 338 g/mol. The van der Waals surface area contributed by atoms with E-state index in [4.69, 9.17) is 5.26 Å². The van der Waals surface area contributed by atoms with Crippen LogP contribution in [-0.2, 0) is 14.4 Å². The summed E-state index contributed by atoms with van der Waals surface area (Å²) in [4.78, 5) is 39.0. The molecule has 0 unspecified atom stereocenters. The lowest BCUT2D eigenvalue weighted by molar-refractivity contribution is -0.142. The van der Waals surface area contributed by atoms with Crippen molar-refractivity contribution in [2.75, 3.05) is 17.6 Å². The highest BCUT2D eigenvalue weighted by Crippen LogP contribution is 2.35. The number of benzene rings is 1. The summed E-state index contributed by atoms with van der Waals surface area (Å²) in [6, 6.07) is 9.18. The molecule has 2 atom stereocenters. The van der Waals surface area contributed by atoms with Gasteiger partial charge in [0.15, 0.2) is 0 Å². The van der Waals surface area contributed by atoms with Crippen LogP contribution in [0.4, 0.5) is 5.69 Å². The number of allylic oxidation sites excluding steroid dienone is 2. The number of fused-ring (bicyclic) bond motifs is 1. The van der Waals surface area contributed by atoms with E-state index in [0.717, 1.165) is 9.80 Å². The Kier molecular flexibility index (Phi) is 5.19. The van der Waals surface area contributed by atoms with Crippen molar-refractivity contribution in [1.29, 1.82) is 5.26 Å². The standard InChI is InChI=1S/C18H17N3O3S/c19-9-10-25-15-8-4-3-7-14(15)20-16(22)11-21-17(23)12-5-1-2-6-13(12)18(21)24/h1-4,7-8,12-13H,5-6,10-11H2,(H,20,22)/t12-,13-/m1/s1. The highest BCUT2D eigenvalue weighted by atomic mass is 32.2. The van der Waals surface area contributed by atoms with Gasteiger partial charge < -0.3 is 5.32 Å². The van der Waals surface area contributed by atoms with Crippen molar-refractivity contribution in [2.45, 2.75) is 17.7 Å². The number of nitriles is 1. The van der Waals surface area contributed by atoms with E-state index in [1.165, 1.54) is 11.8 Å². The zero-order valence-electron chi connectivity index (χ0n) is 13.5. The quantitative estimate of drug-likeness (QED) is 0.497. The van der Waals surface area contributed by atoms with E-state index in [1.54, 1.807) is 12.1 Å². The van der Waals surface area contributed by atoms with Crippen LogP contribution in [0.1, 0.15) is 12.8 Å². The zero-order chi connectivity index (χ0) is 17.8. The number of imide groups is 1. The second kappa shape index (κ2) is 7.53. The van der Waals surface area contributed by atoms with Crippen LogP contribution in [0.5, 0.6) is 0 Å². The number of likely N-dealkylation sites (tertiary alicyclic amines) is 1. The summed E-state index contributed by atoms with van der Waals surface area (Å²) in [5.74, 6) is -1.33. The fourth-order valence-electron chi connectivity index (χ4n) is 3.16. The van der Waals surface area contributed by atoms with Crippen LogP contribution in [0.25, 0.3) is 0 Å². The van der Waals surface area contributed by atoms with Gasteiger partial charge in [-0.3, -0.25) is 19.3 Å². The number of nitrogens with zero attached hydrogens (tertiary/aromatic N) is 2. The van der Waals surface area contributed by atoms with Gasteiger partial charge in [0.1, 0.15) is 6.54 Å². The first-order valence-electron chi connectivity index (χ1n) is 8.00. The fraction of sp³-hybridized carbons (Fsp3) is 0.333. The van der Waals surface area contributed by atoms with E-state index in [1.807, 2.05) is 30.4 Å². The summed E-state index contributed by atoms with van der Waals surface area (Å²) in [7, 11) is 0. The molecule has 2 aliphatic rings. The first-order valence-corrected chi connectivity index (χ1v) is 8.99. The number of anilines is 1. The normalized spacial score (nSPS) is 21.8. The molecule has 1 fully saturated rings. The summed E-state index contributed by atoms with van der Waals surface area (Å²) >= 11 is 1.32. The maximum Gasteiger partial charge on any atom is 0.244 e. The van der Waals surface area contributed by atoms with Crippen molar-refractivity contribution >= 4 is 35.2 Å². The number of carbonyl (C=O) groups is 3. The lowest BCUT2D eigenvalue weighted by atomic mass is 9.85. The zero-order valence-corrected chi connectivity index (χ0v) is 14.3. The first kappa shape index (κ1) is 17.2. The Morgan fingerprint density at radius 1 is 1.20 bits per heavy atom. The number of carbonyl (C=O) groups excluding carboxylic acids is 3. The highest BCUT2D eigenvalue weighted by Gasteiger charge is 2.47. The molecular formula is C18H17N3O3S. The van der Waals surface area contributed by atoms with Crippen LogP contribution in [0.3, 0.4) is 0 Å². The number of amides is 3. The van der Waals surface area contributed by atoms with Crippen molar-refractivity contribution in [3.05, 3.63) is 36.4 Å². The second-order valence-electron chi connectivity index (χ2n) is 5.91. The topological polar surface area (TPSA) is 90.3 Å². The molecule has 3 amide bonds. The minimum Gasteiger partial charge on any atom is -0.324 e. The Morgan fingerprint density at radius 2 is 1.84 bits per heavy atom. The molecule has 0 spiro atoms. The summed E-state index contributed by atoms with van der Waals surface area (Å²) in [5, 5.41) is 11.4. The Morgan fingerprint density at radius 3 is 2.48 bits per heavy atom. The third kappa shape index (κ3) is 3.59. The van der Waals surface area contributed by atoms with Crippen LogP contribution < -0.4 is 5.32 Å². The number of hydrogen-bond acceptors (Lipinski definition) is 5. The Labute approximate surface area is 149 Å². The molecule has 25 heavy (non-hydrogen) atoms. The van der Waals surface area contributed by atoms with Gasteiger partial charge in [-0.25, -0.2) is 0 Å². The molecule has 3 rings (SSSR count). The summed E-state index contributed by atoms with van der Waals surface area (Å²) in [6.45, 7) is -0.276. The van der Waals surface area contributed by atoms with Crippen molar-refractivity contribution in [1.82, 2.24) is 4.90 Å². The van der Waals surface area contributed by atoms with Crippen LogP contribution in [0, 0.1) is 23.2 Å². The molecule has 1 heterocycles. The summed E-state index contributed by atoms with van der Waals surface area (Å²) < 4.78 is 0. The van der Waals surface area contributed by atoms with Crippen molar-refractivity contribution in [3.63, 3.8) is 0 Å². The molecule has 1 N–H and O–H groups in total. The van der Waals surface area contributed by atoms with Gasteiger partial charge in [-0.2, -0.15) is 5.26 Å². The second-order valence-corrected chi connectivity index (χ2v) is 6.93. The average Bonchev–Trinajstić information content (AvgIpc) is 2.86. The Bertz CT molecular complexity index is 758. The van der Waals surface area contributed by atoms with Crippen molar-refractivity contribution < 1.29 is 14.4 Å². The molecule has 1 saturated heterocycles. The van der Waals surface area contributed by atoms with Gasteiger partial charge in [0.25, 0.3) is 0 Å². The largest absolute Gasteiger partial charge is 0.324 e. The van der Waals surface area contributed by atoms with Gasteiger partial charge in [0.05, 0.1) is 29.3 Å². The lowest BCUT2D eigenvalue weighted by Gasteiger charge is -2.15. The lowest BCUT2D eigenvalue weighted by Crippen LogP contribution is -2.38. The number of hydrogen-bond donors (Lipinski definition) is 1. The van der Waals surface area contributed by atoms with Crippen LogP contribution >= 0.6 is 11.8 Å². The minimum atomic E-state index is -0.418. The molecule has 6 nitrogen and oxygen atoms in total. The Hall–Kier alpha value is -2.59. The predicted octanol–water partition coefficient (Wildman–Crippen LogP) is 2.19. The van der Waals surface area contributed by atoms with E-state index < -0.39 is 5.91 Å². The van der Waals surface area contributed by atoms with Gasteiger partial charge in [-0.15, -0.1) is 11.8 Å². The molecule has 128 valence electrons. The molecule has 0 aromatic heterocycles. The minimum absolute atomic E-state index is 0.262. The van der Waals surface area contributed by atoms with Crippen LogP contribution in [0.2, 0.25) is 0 Å². The van der Waals surface area contributed by atoms with Crippen LogP contribution in [0.15, 0.2) is 41.3 Å². The first-order chi connectivity index (χ1) is 12.1. The number of para-hydroxylation sites is 1. The molecule has 7 heteroatoms. The van der Waals surface area contributed by atoms with Gasteiger partial charge >= 0.3 is 0 Å². The summed E-state index contributed by atoms with van der Waals surface area (Å²) in [5.41, 5.74) is 0.575. The van der Waals surface area contributed by atoms with Crippen molar-refractivity contribution in [2.24, 2.45) is 11.8 Å². The van der Waals surface area contributed by atoms with Gasteiger partial charge in [0, 0.05) is 4.90 Å². The van der Waals surface area contributed by atoms with E-state index in [2.05, 4.69) is 5.32 Å². The van der Waals surface area contributed by atoms with Gasteiger partial charge in [-0.05, 0) is 25.0 Å². The van der Waals surface area contributed by atoms with Crippen LogP contribution in [-0.4, -0.2) is 34.9 Å². The van der Waals surface area contributed by atoms with E-state index in [-0.39, 0.29) is 35.9 Å². The monoisotopic (exact) mass is 355 g/mol. The van der Waals surface area contributed by atoms with E-state index in [9.17, 15) is 14.4 Å². The van der Waals surface area contributed by atoms with E-state index >= 15 is 0 Å². The molecule has 1 aromatic rings. The average molecular weight is 355 g/mol. The molecule has 0 radical (unpaired) electrons. The van der Waals surface area contributed by atoms with Crippen molar-refractivity contribution in [3.8, 4) is 6.07 Å². The third-order valence-electron chi connectivity index (χ3n) is 4.35. The highest BCUT2D eigenvalue weighted by molar-refractivity contribution is 7.99. The van der Waals surface area contributed by atoms with E-state index in [0.29, 0.717) is 18.5 Å². The maximum atomic E-state index is 12.4. The Balaban J connectivity index is 1.67. The number of thioether (sulfide) groups is 1.